The minimum absolute atomic E-state index is 0. The lowest BCUT2D eigenvalue weighted by atomic mass is 9.89. The van der Waals surface area contributed by atoms with Gasteiger partial charge in [-0.15, -0.1) is 12.4 Å². The molecule has 1 aromatic rings. The van der Waals surface area contributed by atoms with Crippen LogP contribution >= 0.6 is 12.4 Å². The Morgan fingerprint density at radius 2 is 1.70 bits per heavy atom. The Hall–Kier alpha value is -1.06. The minimum atomic E-state index is 0. The molecule has 1 amide bonds. The molecule has 2 heterocycles. The molecular weight excluding hydrogens is 308 g/mol. The maximum Gasteiger partial charge on any atom is 0.222 e. The van der Waals surface area contributed by atoms with Gasteiger partial charge in [-0.3, -0.25) is 4.79 Å². The van der Waals surface area contributed by atoms with Crippen LogP contribution in [0.5, 0.6) is 0 Å². The number of hydrogen-bond donors (Lipinski definition) is 1. The molecular formula is C19H29ClN2O. The normalized spacial score (nSPS) is 25.7. The van der Waals surface area contributed by atoms with E-state index in [0.717, 1.165) is 19.4 Å². The van der Waals surface area contributed by atoms with Crippen LogP contribution in [-0.4, -0.2) is 29.9 Å². The summed E-state index contributed by atoms with van der Waals surface area (Å²) in [6.07, 6.45) is 6.75. The second kappa shape index (κ2) is 8.16. The number of amides is 1. The molecule has 0 aromatic heterocycles. The van der Waals surface area contributed by atoms with E-state index in [0.29, 0.717) is 23.9 Å². The van der Waals surface area contributed by atoms with E-state index in [2.05, 4.69) is 36.5 Å². The molecule has 23 heavy (non-hydrogen) atoms. The van der Waals surface area contributed by atoms with Crippen LogP contribution in [0.4, 0.5) is 0 Å². The maximum absolute atomic E-state index is 12.5. The highest BCUT2D eigenvalue weighted by Crippen LogP contribution is 2.32. The van der Waals surface area contributed by atoms with Crippen LogP contribution in [0.1, 0.15) is 50.2 Å². The SMILES string of the molecule is CCc1ccc(CN(C)C(=O)CC2CC3CCC(C2)N3)cc1.Cl. The third-order valence-electron chi connectivity index (χ3n) is 5.31. The van der Waals surface area contributed by atoms with Gasteiger partial charge in [0, 0.05) is 32.1 Å². The number of aryl methyl sites for hydroxylation is 1. The number of halogens is 1. The first kappa shape index (κ1) is 18.3. The summed E-state index contributed by atoms with van der Waals surface area (Å²) in [7, 11) is 1.94. The molecule has 0 radical (unpaired) electrons. The number of hydrogen-bond acceptors (Lipinski definition) is 2. The van der Waals surface area contributed by atoms with Gasteiger partial charge in [-0.1, -0.05) is 31.2 Å². The molecule has 3 nitrogen and oxygen atoms in total. The van der Waals surface area contributed by atoms with Crippen LogP contribution in [0.2, 0.25) is 0 Å². The van der Waals surface area contributed by atoms with E-state index in [9.17, 15) is 4.79 Å². The highest BCUT2D eigenvalue weighted by Gasteiger charge is 2.34. The standard InChI is InChI=1S/C19H28N2O.ClH/c1-3-14-4-6-15(7-5-14)13-21(2)19(22)12-16-10-17-8-9-18(11-16)20-17;/h4-7,16-18,20H,3,8-13H2,1-2H3;1H. The fraction of sp³-hybridized carbons (Fsp3) is 0.632. The number of carbonyl (C=O) groups is 1. The van der Waals surface area contributed by atoms with Gasteiger partial charge in [-0.25, -0.2) is 0 Å². The summed E-state index contributed by atoms with van der Waals surface area (Å²) in [6.45, 7) is 2.89. The molecule has 0 saturated carbocycles. The number of benzene rings is 1. The van der Waals surface area contributed by atoms with Gasteiger partial charge in [-0.05, 0) is 49.1 Å². The molecule has 2 aliphatic heterocycles. The van der Waals surface area contributed by atoms with Crippen molar-refractivity contribution in [2.24, 2.45) is 5.92 Å². The predicted molar refractivity (Wildman–Crippen MR) is 96.8 cm³/mol. The maximum atomic E-state index is 12.5. The van der Waals surface area contributed by atoms with E-state index >= 15 is 0 Å². The summed E-state index contributed by atoms with van der Waals surface area (Å²) >= 11 is 0. The van der Waals surface area contributed by atoms with Crippen LogP contribution in [0, 0.1) is 5.92 Å². The Bertz CT molecular complexity index is 505. The third kappa shape index (κ3) is 4.71. The average Bonchev–Trinajstić information content (AvgIpc) is 2.86. The molecule has 0 aliphatic carbocycles. The van der Waals surface area contributed by atoms with E-state index in [1.807, 2.05) is 11.9 Å². The Morgan fingerprint density at radius 3 is 2.26 bits per heavy atom. The Labute approximate surface area is 146 Å². The van der Waals surface area contributed by atoms with Crippen LogP contribution in [0.15, 0.2) is 24.3 Å². The largest absolute Gasteiger partial charge is 0.341 e. The highest BCUT2D eigenvalue weighted by atomic mass is 35.5. The predicted octanol–water partition coefficient (Wildman–Crippen LogP) is 3.55. The van der Waals surface area contributed by atoms with Crippen molar-refractivity contribution in [2.75, 3.05) is 7.05 Å². The number of nitrogens with one attached hydrogen (secondary N) is 1. The van der Waals surface area contributed by atoms with Crippen molar-refractivity contribution in [2.45, 2.75) is 64.1 Å². The monoisotopic (exact) mass is 336 g/mol. The first-order valence-electron chi connectivity index (χ1n) is 8.72. The zero-order valence-corrected chi connectivity index (χ0v) is 15.1. The molecule has 0 spiro atoms. The van der Waals surface area contributed by atoms with E-state index in [4.69, 9.17) is 0 Å². The lowest BCUT2D eigenvalue weighted by molar-refractivity contribution is -0.131. The summed E-state index contributed by atoms with van der Waals surface area (Å²) in [5, 5.41) is 3.65. The van der Waals surface area contributed by atoms with Crippen LogP contribution in [0.3, 0.4) is 0 Å². The second-order valence-electron chi connectivity index (χ2n) is 7.10. The van der Waals surface area contributed by atoms with Crippen LogP contribution in [0.25, 0.3) is 0 Å². The molecule has 2 saturated heterocycles. The van der Waals surface area contributed by atoms with E-state index < -0.39 is 0 Å². The highest BCUT2D eigenvalue weighted by molar-refractivity contribution is 5.85. The Morgan fingerprint density at radius 1 is 1.13 bits per heavy atom. The first-order chi connectivity index (χ1) is 10.6. The van der Waals surface area contributed by atoms with Crippen molar-refractivity contribution in [3.8, 4) is 0 Å². The van der Waals surface area contributed by atoms with Gasteiger partial charge < -0.3 is 10.2 Å². The average molecular weight is 337 g/mol. The van der Waals surface area contributed by atoms with Gasteiger partial charge in [0.15, 0.2) is 0 Å². The van der Waals surface area contributed by atoms with Crippen molar-refractivity contribution < 1.29 is 4.79 Å². The second-order valence-corrected chi connectivity index (χ2v) is 7.10. The smallest absolute Gasteiger partial charge is 0.222 e. The van der Waals surface area contributed by atoms with Gasteiger partial charge in [0.1, 0.15) is 0 Å². The fourth-order valence-corrected chi connectivity index (χ4v) is 3.99. The molecule has 3 rings (SSSR count). The molecule has 128 valence electrons. The Balaban J connectivity index is 0.00000192. The zero-order chi connectivity index (χ0) is 15.5. The molecule has 1 aromatic carbocycles. The molecule has 4 heteroatoms. The van der Waals surface area contributed by atoms with E-state index in [-0.39, 0.29) is 12.4 Å². The lowest BCUT2D eigenvalue weighted by Gasteiger charge is -2.30. The molecule has 2 unspecified atom stereocenters. The van der Waals surface area contributed by atoms with Crippen LogP contribution < -0.4 is 5.32 Å². The third-order valence-corrected chi connectivity index (χ3v) is 5.31. The van der Waals surface area contributed by atoms with Crippen molar-refractivity contribution in [3.05, 3.63) is 35.4 Å². The molecule has 2 fully saturated rings. The van der Waals surface area contributed by atoms with Gasteiger partial charge >= 0.3 is 0 Å². The topological polar surface area (TPSA) is 32.3 Å². The van der Waals surface area contributed by atoms with Gasteiger partial charge in [0.2, 0.25) is 5.91 Å². The minimum Gasteiger partial charge on any atom is -0.341 e. The molecule has 2 atom stereocenters. The van der Waals surface area contributed by atoms with Gasteiger partial charge in [0.05, 0.1) is 0 Å². The van der Waals surface area contributed by atoms with Crippen molar-refractivity contribution in [3.63, 3.8) is 0 Å². The molecule has 2 bridgehead atoms. The molecule has 2 aliphatic rings. The number of rotatable bonds is 5. The summed E-state index contributed by atoms with van der Waals surface area (Å²) in [4.78, 5) is 14.4. The summed E-state index contributed by atoms with van der Waals surface area (Å²) in [6, 6.07) is 9.96. The summed E-state index contributed by atoms with van der Waals surface area (Å²) < 4.78 is 0. The number of piperidine rings is 1. The number of fused-ring (bicyclic) bond motifs is 2. The zero-order valence-electron chi connectivity index (χ0n) is 14.3. The summed E-state index contributed by atoms with van der Waals surface area (Å²) in [5.74, 6) is 0.877. The summed E-state index contributed by atoms with van der Waals surface area (Å²) in [5.41, 5.74) is 2.57. The lowest BCUT2D eigenvalue weighted by Crippen LogP contribution is -2.39. The molecule has 1 N–H and O–H groups in total. The Kier molecular flexibility index (Phi) is 6.49. The first-order valence-corrected chi connectivity index (χ1v) is 8.72. The van der Waals surface area contributed by atoms with E-state index in [1.165, 1.54) is 36.8 Å². The van der Waals surface area contributed by atoms with Crippen molar-refractivity contribution in [1.29, 1.82) is 0 Å². The fourth-order valence-electron chi connectivity index (χ4n) is 3.99. The van der Waals surface area contributed by atoms with Crippen LogP contribution in [-0.2, 0) is 17.8 Å². The van der Waals surface area contributed by atoms with Crippen molar-refractivity contribution in [1.82, 2.24) is 10.2 Å². The van der Waals surface area contributed by atoms with Gasteiger partial charge in [-0.2, -0.15) is 0 Å². The van der Waals surface area contributed by atoms with E-state index in [1.54, 1.807) is 0 Å². The van der Waals surface area contributed by atoms with Crippen molar-refractivity contribution >= 4 is 18.3 Å². The quantitative estimate of drug-likeness (QED) is 0.891. The number of nitrogens with zero attached hydrogens (tertiary/aromatic N) is 1. The van der Waals surface area contributed by atoms with Gasteiger partial charge in [0.25, 0.3) is 0 Å². The number of carbonyl (C=O) groups excluding carboxylic acids is 1.